The number of nitrogen functional groups attached to an aromatic ring is 1. The number of anilines is 1. The van der Waals surface area contributed by atoms with Gasteiger partial charge in [0, 0.05) is 5.41 Å². The fraction of sp³-hybridized carbons (Fsp3) is 0.286. The zero-order valence-corrected chi connectivity index (χ0v) is 10.8. The molecule has 0 fully saturated rings. The molecule has 0 saturated carbocycles. The minimum absolute atomic E-state index is 0.209. The largest absolute Gasteiger partial charge is 0.382 e. The average molecular weight is 240 g/mol. The number of aromatic nitrogens is 2. The maximum absolute atomic E-state index is 9.24. The summed E-state index contributed by atoms with van der Waals surface area (Å²) in [6.07, 6.45) is 0. The highest BCUT2D eigenvalue weighted by atomic mass is 15.3. The van der Waals surface area contributed by atoms with Crippen molar-refractivity contribution < 1.29 is 0 Å². The molecule has 2 aromatic rings. The lowest BCUT2D eigenvalue weighted by molar-refractivity contribution is 0.559. The van der Waals surface area contributed by atoms with Crippen molar-refractivity contribution in [2.75, 3.05) is 5.73 Å². The average Bonchev–Trinajstić information content (AvgIpc) is 2.67. The topological polar surface area (TPSA) is 67.6 Å². The van der Waals surface area contributed by atoms with Crippen molar-refractivity contribution in [3.05, 3.63) is 41.6 Å². The summed E-state index contributed by atoms with van der Waals surface area (Å²) in [5, 5.41) is 13.7. The zero-order valence-electron chi connectivity index (χ0n) is 10.8. The van der Waals surface area contributed by atoms with Gasteiger partial charge in [-0.05, 0) is 12.1 Å². The first-order valence-electron chi connectivity index (χ1n) is 5.79. The number of nitriles is 1. The minimum atomic E-state index is -0.209. The van der Waals surface area contributed by atoms with Crippen LogP contribution in [0.25, 0.3) is 5.69 Å². The molecule has 18 heavy (non-hydrogen) atoms. The van der Waals surface area contributed by atoms with Crippen LogP contribution in [0, 0.1) is 11.3 Å². The monoisotopic (exact) mass is 240 g/mol. The Morgan fingerprint density at radius 3 is 2.28 bits per heavy atom. The van der Waals surface area contributed by atoms with Gasteiger partial charge in [0.2, 0.25) is 0 Å². The number of rotatable bonds is 1. The van der Waals surface area contributed by atoms with Crippen molar-refractivity contribution in [1.29, 1.82) is 5.26 Å². The van der Waals surface area contributed by atoms with Crippen molar-refractivity contribution >= 4 is 5.82 Å². The van der Waals surface area contributed by atoms with Gasteiger partial charge in [-0.25, -0.2) is 4.68 Å². The van der Waals surface area contributed by atoms with E-state index in [1.165, 1.54) is 0 Å². The van der Waals surface area contributed by atoms with Gasteiger partial charge in [0.25, 0.3) is 0 Å². The standard InChI is InChI=1S/C14H16N4/c1-14(2,3)12-11(9-15)13(16)18(17-12)10-7-5-4-6-8-10/h4-8H,16H2,1-3H3. The number of hydrogen-bond acceptors (Lipinski definition) is 3. The molecule has 92 valence electrons. The van der Waals surface area contributed by atoms with E-state index in [0.717, 1.165) is 11.4 Å². The molecule has 0 spiro atoms. The normalized spacial score (nSPS) is 11.2. The second kappa shape index (κ2) is 4.19. The molecule has 0 amide bonds. The molecule has 0 bridgehead atoms. The van der Waals surface area contributed by atoms with E-state index in [-0.39, 0.29) is 5.41 Å². The van der Waals surface area contributed by atoms with E-state index >= 15 is 0 Å². The Hall–Kier alpha value is -2.28. The third kappa shape index (κ3) is 1.95. The third-order valence-corrected chi connectivity index (χ3v) is 2.74. The van der Waals surface area contributed by atoms with Gasteiger partial charge in [-0.15, -0.1) is 0 Å². The summed E-state index contributed by atoms with van der Waals surface area (Å²) < 4.78 is 1.62. The van der Waals surface area contributed by atoms with Crippen LogP contribution >= 0.6 is 0 Å². The van der Waals surface area contributed by atoms with Crippen molar-refractivity contribution in [3.63, 3.8) is 0 Å². The lowest BCUT2D eigenvalue weighted by Crippen LogP contribution is -2.14. The molecule has 0 radical (unpaired) electrons. The van der Waals surface area contributed by atoms with Crippen LogP contribution in [0.15, 0.2) is 30.3 Å². The SMILES string of the molecule is CC(C)(C)c1nn(-c2ccccc2)c(N)c1C#N. The molecule has 0 aliphatic heterocycles. The van der Waals surface area contributed by atoms with E-state index in [9.17, 15) is 5.26 Å². The molecule has 1 aromatic heterocycles. The Morgan fingerprint density at radius 1 is 1.22 bits per heavy atom. The van der Waals surface area contributed by atoms with Gasteiger partial charge in [0.15, 0.2) is 0 Å². The molecule has 2 rings (SSSR count). The third-order valence-electron chi connectivity index (χ3n) is 2.74. The van der Waals surface area contributed by atoms with Gasteiger partial charge in [0.1, 0.15) is 17.5 Å². The highest BCUT2D eigenvalue weighted by Crippen LogP contribution is 2.29. The van der Waals surface area contributed by atoms with Crippen LogP contribution in [0.1, 0.15) is 32.0 Å². The Morgan fingerprint density at radius 2 is 1.83 bits per heavy atom. The zero-order chi connectivity index (χ0) is 13.3. The smallest absolute Gasteiger partial charge is 0.145 e. The molecular weight excluding hydrogens is 224 g/mol. The van der Waals surface area contributed by atoms with Crippen molar-refractivity contribution in [3.8, 4) is 11.8 Å². The molecule has 1 heterocycles. The second-order valence-electron chi connectivity index (χ2n) is 5.22. The lowest BCUT2D eigenvalue weighted by Gasteiger charge is -2.15. The summed E-state index contributed by atoms with van der Waals surface area (Å²) in [7, 11) is 0. The van der Waals surface area contributed by atoms with E-state index in [4.69, 9.17) is 5.73 Å². The number of nitrogens with zero attached hydrogens (tertiary/aromatic N) is 3. The Labute approximate surface area is 107 Å². The summed E-state index contributed by atoms with van der Waals surface area (Å²) in [6, 6.07) is 11.7. The molecule has 1 aromatic carbocycles. The van der Waals surface area contributed by atoms with Crippen LogP contribution in [-0.2, 0) is 5.41 Å². The molecular formula is C14H16N4. The van der Waals surface area contributed by atoms with Crippen LogP contribution in [0.2, 0.25) is 0 Å². The minimum Gasteiger partial charge on any atom is -0.382 e. The molecule has 4 heteroatoms. The number of hydrogen-bond donors (Lipinski definition) is 1. The summed E-state index contributed by atoms with van der Waals surface area (Å²) in [5.74, 6) is 0.397. The van der Waals surface area contributed by atoms with Crippen LogP contribution in [0.3, 0.4) is 0 Å². The van der Waals surface area contributed by atoms with Crippen LogP contribution in [0.4, 0.5) is 5.82 Å². The first-order valence-corrected chi connectivity index (χ1v) is 5.79. The first kappa shape index (κ1) is 12.2. The fourth-order valence-electron chi connectivity index (χ4n) is 1.83. The van der Waals surface area contributed by atoms with Crippen LogP contribution < -0.4 is 5.73 Å². The number of para-hydroxylation sites is 1. The fourth-order valence-corrected chi connectivity index (χ4v) is 1.83. The highest BCUT2D eigenvalue weighted by Gasteiger charge is 2.26. The first-order chi connectivity index (χ1) is 8.45. The van der Waals surface area contributed by atoms with E-state index in [1.807, 2.05) is 51.1 Å². The van der Waals surface area contributed by atoms with Gasteiger partial charge < -0.3 is 5.73 Å². The van der Waals surface area contributed by atoms with E-state index in [0.29, 0.717) is 11.4 Å². The summed E-state index contributed by atoms with van der Waals surface area (Å²) in [4.78, 5) is 0. The Bertz CT molecular complexity index is 597. The number of nitrogens with two attached hydrogens (primary N) is 1. The van der Waals surface area contributed by atoms with Gasteiger partial charge >= 0.3 is 0 Å². The molecule has 0 aliphatic rings. The van der Waals surface area contributed by atoms with Crippen LogP contribution in [-0.4, -0.2) is 9.78 Å². The predicted molar refractivity (Wildman–Crippen MR) is 71.4 cm³/mol. The number of benzene rings is 1. The summed E-state index contributed by atoms with van der Waals surface area (Å²) >= 11 is 0. The van der Waals surface area contributed by atoms with E-state index < -0.39 is 0 Å². The van der Waals surface area contributed by atoms with Gasteiger partial charge in [-0.2, -0.15) is 10.4 Å². The highest BCUT2D eigenvalue weighted by molar-refractivity contribution is 5.57. The second-order valence-corrected chi connectivity index (χ2v) is 5.22. The van der Waals surface area contributed by atoms with Gasteiger partial charge in [-0.1, -0.05) is 39.0 Å². The van der Waals surface area contributed by atoms with Crippen molar-refractivity contribution in [2.45, 2.75) is 26.2 Å². The van der Waals surface area contributed by atoms with Gasteiger partial charge in [-0.3, -0.25) is 0 Å². The van der Waals surface area contributed by atoms with Gasteiger partial charge in [0.05, 0.1) is 11.4 Å². The lowest BCUT2D eigenvalue weighted by atomic mass is 9.90. The molecule has 4 nitrogen and oxygen atoms in total. The summed E-state index contributed by atoms with van der Waals surface area (Å²) in [6.45, 7) is 6.06. The molecule has 0 aliphatic carbocycles. The molecule has 0 unspecified atom stereocenters. The summed E-state index contributed by atoms with van der Waals surface area (Å²) in [5.41, 5.74) is 7.87. The quantitative estimate of drug-likeness (QED) is 0.833. The maximum atomic E-state index is 9.24. The predicted octanol–water partition coefficient (Wildman–Crippen LogP) is 2.62. The van der Waals surface area contributed by atoms with Crippen molar-refractivity contribution in [2.24, 2.45) is 0 Å². The van der Waals surface area contributed by atoms with Crippen molar-refractivity contribution in [1.82, 2.24) is 9.78 Å². The Kier molecular flexibility index (Phi) is 2.84. The Balaban J connectivity index is 2.66. The molecule has 0 saturated heterocycles. The van der Waals surface area contributed by atoms with Crippen LogP contribution in [0.5, 0.6) is 0 Å². The molecule has 0 atom stereocenters. The maximum Gasteiger partial charge on any atom is 0.145 e. The molecule has 2 N–H and O–H groups in total. The van der Waals surface area contributed by atoms with E-state index in [1.54, 1.807) is 4.68 Å². The van der Waals surface area contributed by atoms with E-state index in [2.05, 4.69) is 11.2 Å².